The zero-order valence-electron chi connectivity index (χ0n) is 11.7. The van der Waals surface area contributed by atoms with Crippen LogP contribution in [0.3, 0.4) is 0 Å². The number of hydrogen-bond donors (Lipinski definition) is 1. The fourth-order valence-electron chi connectivity index (χ4n) is 3.36. The molecule has 3 rings (SSSR count). The monoisotopic (exact) mass is 266 g/mol. The van der Waals surface area contributed by atoms with Crippen molar-refractivity contribution in [1.29, 1.82) is 0 Å². The minimum Gasteiger partial charge on any atom is -0.392 e. The van der Waals surface area contributed by atoms with Crippen molar-refractivity contribution in [1.82, 2.24) is 9.78 Å². The third-order valence-corrected chi connectivity index (χ3v) is 4.51. The molecule has 0 saturated carbocycles. The smallest absolute Gasteiger partial charge is 0.0957 e. The van der Waals surface area contributed by atoms with Crippen LogP contribution < -0.4 is 0 Å². The minimum absolute atomic E-state index is 0.0646. The Morgan fingerprint density at radius 1 is 1.42 bits per heavy atom. The molecule has 0 amide bonds. The van der Waals surface area contributed by atoms with E-state index in [1.54, 1.807) is 0 Å². The van der Waals surface area contributed by atoms with Gasteiger partial charge in [0.25, 0.3) is 0 Å². The van der Waals surface area contributed by atoms with E-state index in [0.29, 0.717) is 12.6 Å². The van der Waals surface area contributed by atoms with E-state index in [-0.39, 0.29) is 12.2 Å². The van der Waals surface area contributed by atoms with E-state index < -0.39 is 0 Å². The van der Waals surface area contributed by atoms with E-state index in [9.17, 15) is 5.11 Å². The molecule has 2 aliphatic heterocycles. The van der Waals surface area contributed by atoms with E-state index in [4.69, 9.17) is 9.47 Å². The maximum atomic E-state index is 9.42. The highest BCUT2D eigenvalue weighted by molar-refractivity contribution is 5.24. The molecule has 5 heteroatoms. The van der Waals surface area contributed by atoms with Crippen molar-refractivity contribution in [3.05, 3.63) is 17.0 Å². The minimum atomic E-state index is -0.103. The van der Waals surface area contributed by atoms with Crippen molar-refractivity contribution < 1.29 is 14.6 Å². The Labute approximate surface area is 113 Å². The second kappa shape index (κ2) is 4.89. The van der Waals surface area contributed by atoms with Gasteiger partial charge in [-0.15, -0.1) is 0 Å². The van der Waals surface area contributed by atoms with Crippen LogP contribution in [-0.2, 0) is 16.1 Å². The average molecular weight is 266 g/mol. The van der Waals surface area contributed by atoms with Crippen LogP contribution in [0.4, 0.5) is 0 Å². The molecule has 19 heavy (non-hydrogen) atoms. The lowest BCUT2D eigenvalue weighted by molar-refractivity contribution is -0.0965. The Bertz CT molecular complexity index is 464. The normalized spacial score (nSPS) is 31.2. The van der Waals surface area contributed by atoms with Gasteiger partial charge >= 0.3 is 0 Å². The third kappa shape index (κ3) is 2.20. The summed E-state index contributed by atoms with van der Waals surface area (Å²) < 4.78 is 13.6. The van der Waals surface area contributed by atoms with Crippen LogP contribution in [0, 0.1) is 13.8 Å². The van der Waals surface area contributed by atoms with Crippen molar-refractivity contribution in [3.63, 3.8) is 0 Å². The Morgan fingerprint density at radius 3 is 2.89 bits per heavy atom. The molecule has 0 aromatic carbocycles. The van der Waals surface area contributed by atoms with Gasteiger partial charge in [0.1, 0.15) is 0 Å². The second-order valence-corrected chi connectivity index (χ2v) is 5.73. The summed E-state index contributed by atoms with van der Waals surface area (Å²) in [6.45, 7) is 6.33. The number of nitrogens with zero attached hydrogens (tertiary/aromatic N) is 2. The van der Waals surface area contributed by atoms with Gasteiger partial charge in [0.2, 0.25) is 0 Å². The van der Waals surface area contributed by atoms with Crippen molar-refractivity contribution in [2.45, 2.75) is 51.4 Å². The van der Waals surface area contributed by atoms with Gasteiger partial charge < -0.3 is 14.6 Å². The summed E-state index contributed by atoms with van der Waals surface area (Å²) in [6, 6.07) is 0.356. The summed E-state index contributed by atoms with van der Waals surface area (Å²) in [5, 5.41) is 14.0. The fourth-order valence-corrected chi connectivity index (χ4v) is 3.36. The van der Waals surface area contributed by atoms with Gasteiger partial charge in [-0.05, 0) is 20.3 Å². The van der Waals surface area contributed by atoms with Gasteiger partial charge in [-0.3, -0.25) is 4.68 Å². The Kier molecular flexibility index (Phi) is 3.37. The molecule has 1 aromatic heterocycles. The molecule has 2 atom stereocenters. The van der Waals surface area contributed by atoms with E-state index in [0.717, 1.165) is 49.4 Å². The number of aliphatic hydroxyl groups excluding tert-OH is 1. The fraction of sp³-hybridized carbons (Fsp3) is 0.786. The molecule has 3 heterocycles. The van der Waals surface area contributed by atoms with Crippen molar-refractivity contribution in [3.8, 4) is 0 Å². The molecule has 5 nitrogen and oxygen atoms in total. The highest BCUT2D eigenvalue weighted by Crippen LogP contribution is 2.38. The molecule has 0 aliphatic carbocycles. The molecule has 2 saturated heterocycles. The van der Waals surface area contributed by atoms with Gasteiger partial charge in [-0.2, -0.15) is 5.10 Å². The van der Waals surface area contributed by atoms with Gasteiger partial charge in [0, 0.05) is 37.3 Å². The first-order valence-electron chi connectivity index (χ1n) is 7.02. The molecular formula is C14H22N2O3. The zero-order chi connectivity index (χ0) is 13.5. The van der Waals surface area contributed by atoms with E-state index in [1.807, 2.05) is 13.8 Å². The van der Waals surface area contributed by atoms with Crippen LogP contribution in [0.15, 0.2) is 0 Å². The number of rotatable bonds is 2. The first-order valence-corrected chi connectivity index (χ1v) is 7.02. The SMILES string of the molecule is Cc1nn(C2CCOC3(CCOC3)C2)c(C)c1CO. The van der Waals surface area contributed by atoms with Gasteiger partial charge in [-0.25, -0.2) is 0 Å². The summed E-state index contributed by atoms with van der Waals surface area (Å²) >= 11 is 0. The first kappa shape index (κ1) is 13.1. The Morgan fingerprint density at radius 2 is 2.26 bits per heavy atom. The number of aryl methyl sites for hydroxylation is 1. The van der Waals surface area contributed by atoms with Crippen LogP contribution >= 0.6 is 0 Å². The molecule has 2 aliphatic rings. The molecule has 0 radical (unpaired) electrons. The molecule has 1 aromatic rings. The van der Waals surface area contributed by atoms with E-state index in [2.05, 4.69) is 9.78 Å². The number of hydrogen-bond acceptors (Lipinski definition) is 4. The summed E-state index contributed by atoms with van der Waals surface area (Å²) in [5.74, 6) is 0. The first-order chi connectivity index (χ1) is 9.15. The van der Waals surface area contributed by atoms with Crippen LogP contribution in [0.25, 0.3) is 0 Å². The lowest BCUT2D eigenvalue weighted by Gasteiger charge is -2.37. The van der Waals surface area contributed by atoms with Gasteiger partial charge in [-0.1, -0.05) is 0 Å². The summed E-state index contributed by atoms with van der Waals surface area (Å²) in [5.41, 5.74) is 2.88. The molecule has 2 unspecified atom stereocenters. The maximum Gasteiger partial charge on any atom is 0.0957 e. The lowest BCUT2D eigenvalue weighted by atomic mass is 9.89. The van der Waals surface area contributed by atoms with E-state index in [1.165, 1.54) is 0 Å². The predicted molar refractivity (Wildman–Crippen MR) is 70.0 cm³/mol. The molecule has 1 N–H and O–H groups in total. The lowest BCUT2D eigenvalue weighted by Crippen LogP contribution is -2.41. The highest BCUT2D eigenvalue weighted by atomic mass is 16.6. The number of aliphatic hydroxyl groups is 1. The van der Waals surface area contributed by atoms with E-state index >= 15 is 0 Å². The zero-order valence-corrected chi connectivity index (χ0v) is 11.7. The molecular weight excluding hydrogens is 244 g/mol. The Hall–Kier alpha value is -0.910. The van der Waals surface area contributed by atoms with Gasteiger partial charge in [0.05, 0.1) is 30.6 Å². The van der Waals surface area contributed by atoms with Crippen molar-refractivity contribution in [2.75, 3.05) is 19.8 Å². The molecule has 0 bridgehead atoms. The largest absolute Gasteiger partial charge is 0.392 e. The van der Waals surface area contributed by atoms with Crippen LogP contribution in [0.5, 0.6) is 0 Å². The average Bonchev–Trinajstić information content (AvgIpc) is 2.95. The molecule has 2 fully saturated rings. The highest BCUT2D eigenvalue weighted by Gasteiger charge is 2.42. The predicted octanol–water partition coefficient (Wildman–Crippen LogP) is 1.50. The number of ether oxygens (including phenoxy) is 2. The van der Waals surface area contributed by atoms with Gasteiger partial charge in [0.15, 0.2) is 0 Å². The topological polar surface area (TPSA) is 56.5 Å². The van der Waals surface area contributed by atoms with Crippen LogP contribution in [0.2, 0.25) is 0 Å². The quantitative estimate of drug-likeness (QED) is 0.881. The van der Waals surface area contributed by atoms with Crippen molar-refractivity contribution >= 4 is 0 Å². The van der Waals surface area contributed by atoms with Crippen LogP contribution in [0.1, 0.15) is 42.3 Å². The molecule has 106 valence electrons. The standard InChI is InChI=1S/C14H22N2O3/c1-10-13(8-17)11(2)16(15-10)12-3-5-19-14(7-12)4-6-18-9-14/h12,17H,3-9H2,1-2H3. The van der Waals surface area contributed by atoms with Crippen molar-refractivity contribution in [2.24, 2.45) is 0 Å². The molecule has 1 spiro atoms. The summed E-state index contributed by atoms with van der Waals surface area (Å²) in [4.78, 5) is 0. The Balaban J connectivity index is 1.85. The van der Waals surface area contributed by atoms with Crippen LogP contribution in [-0.4, -0.2) is 40.3 Å². The summed E-state index contributed by atoms with van der Waals surface area (Å²) in [6.07, 6.45) is 2.92. The maximum absolute atomic E-state index is 9.42. The summed E-state index contributed by atoms with van der Waals surface area (Å²) in [7, 11) is 0. The third-order valence-electron chi connectivity index (χ3n) is 4.51. The second-order valence-electron chi connectivity index (χ2n) is 5.73. The number of aromatic nitrogens is 2.